The fraction of sp³-hybridized carbons (Fsp3) is 0.667. The van der Waals surface area contributed by atoms with E-state index in [4.69, 9.17) is 34.0 Å². The third-order valence-corrected chi connectivity index (χ3v) is 4.28. The van der Waals surface area contributed by atoms with E-state index in [9.17, 15) is 0 Å². The molecule has 0 spiro atoms. The van der Waals surface area contributed by atoms with Crippen molar-refractivity contribution in [3.05, 3.63) is 11.8 Å². The summed E-state index contributed by atoms with van der Waals surface area (Å²) in [5.74, 6) is -3.02. The molecule has 0 radical (unpaired) electrons. The minimum absolute atomic E-state index is 0.483. The van der Waals surface area contributed by atoms with Crippen molar-refractivity contribution in [1.82, 2.24) is 13.6 Å². The topological polar surface area (TPSA) is 131 Å². The molecule has 0 fully saturated rings. The number of carboxylic acid groups (broad SMARTS) is 2. The molecule has 0 atom stereocenters. The lowest BCUT2D eigenvalue weighted by atomic mass is 10.1. The molecule has 1 aliphatic rings. The SMILES string of the molecule is CCCCOCCOCCOc1nsnc1C1=CCCN(C)C1.O=C(O)C(=O)O. The van der Waals surface area contributed by atoms with Crippen LogP contribution in [0.15, 0.2) is 6.08 Å². The molecule has 0 aromatic carbocycles. The van der Waals surface area contributed by atoms with Gasteiger partial charge in [0.2, 0.25) is 0 Å². The van der Waals surface area contributed by atoms with Gasteiger partial charge in [-0.15, -0.1) is 4.37 Å². The first-order chi connectivity index (χ1) is 14.0. The van der Waals surface area contributed by atoms with Gasteiger partial charge in [-0.1, -0.05) is 19.4 Å². The summed E-state index contributed by atoms with van der Waals surface area (Å²) in [5, 5.41) is 14.8. The summed E-state index contributed by atoms with van der Waals surface area (Å²) in [7, 11) is 2.11. The molecule has 164 valence electrons. The quantitative estimate of drug-likeness (QED) is 0.393. The molecule has 1 aliphatic heterocycles. The van der Waals surface area contributed by atoms with Gasteiger partial charge in [0.05, 0.1) is 31.5 Å². The lowest BCUT2D eigenvalue weighted by Gasteiger charge is -2.22. The highest BCUT2D eigenvalue weighted by Gasteiger charge is 2.18. The number of aliphatic carboxylic acids is 2. The second-order valence-corrected chi connectivity index (χ2v) is 6.74. The number of ether oxygens (including phenoxy) is 3. The van der Waals surface area contributed by atoms with Crippen LogP contribution in [0.25, 0.3) is 5.57 Å². The highest BCUT2D eigenvalue weighted by molar-refractivity contribution is 6.99. The fourth-order valence-electron chi connectivity index (χ4n) is 2.30. The van der Waals surface area contributed by atoms with Gasteiger partial charge in [0.25, 0.3) is 5.88 Å². The highest BCUT2D eigenvalue weighted by Crippen LogP contribution is 2.26. The molecule has 0 amide bonds. The minimum atomic E-state index is -1.82. The number of aromatic nitrogens is 2. The molecular weight excluding hydrogens is 402 g/mol. The van der Waals surface area contributed by atoms with Crippen molar-refractivity contribution in [3.63, 3.8) is 0 Å². The number of unbranched alkanes of at least 4 members (excludes halogenated alkanes) is 1. The van der Waals surface area contributed by atoms with E-state index >= 15 is 0 Å². The Morgan fingerprint density at radius 3 is 2.38 bits per heavy atom. The predicted octanol–water partition coefficient (Wildman–Crippen LogP) is 1.62. The van der Waals surface area contributed by atoms with Gasteiger partial charge >= 0.3 is 11.9 Å². The summed E-state index contributed by atoms with van der Waals surface area (Å²) in [6.45, 7) is 7.21. The van der Waals surface area contributed by atoms with Crippen molar-refractivity contribution >= 4 is 29.2 Å². The number of likely N-dealkylation sites (N-methyl/N-ethyl adjacent to an activating group) is 1. The van der Waals surface area contributed by atoms with E-state index in [-0.39, 0.29) is 0 Å². The maximum absolute atomic E-state index is 9.10. The molecule has 10 nitrogen and oxygen atoms in total. The van der Waals surface area contributed by atoms with Gasteiger partial charge in [0, 0.05) is 19.7 Å². The normalized spacial score (nSPS) is 13.9. The number of carbonyl (C=O) groups is 2. The molecule has 11 heteroatoms. The van der Waals surface area contributed by atoms with Crippen molar-refractivity contribution in [2.75, 3.05) is 53.2 Å². The van der Waals surface area contributed by atoms with Crippen LogP contribution in [0, 0.1) is 0 Å². The van der Waals surface area contributed by atoms with Crippen LogP contribution in [-0.2, 0) is 19.1 Å². The summed E-state index contributed by atoms with van der Waals surface area (Å²) < 4.78 is 25.3. The summed E-state index contributed by atoms with van der Waals surface area (Å²) >= 11 is 1.20. The Balaban J connectivity index is 0.000000612. The second kappa shape index (κ2) is 14.9. The monoisotopic (exact) mass is 431 g/mol. The third kappa shape index (κ3) is 10.9. The van der Waals surface area contributed by atoms with E-state index in [0.717, 1.165) is 44.7 Å². The first kappa shape index (κ1) is 25.0. The van der Waals surface area contributed by atoms with E-state index < -0.39 is 11.9 Å². The molecular formula is C18H29N3O7S. The Morgan fingerprint density at radius 2 is 1.76 bits per heavy atom. The Morgan fingerprint density at radius 1 is 1.10 bits per heavy atom. The summed E-state index contributed by atoms with van der Waals surface area (Å²) in [4.78, 5) is 20.5. The molecule has 29 heavy (non-hydrogen) atoms. The van der Waals surface area contributed by atoms with Gasteiger partial charge < -0.3 is 29.3 Å². The van der Waals surface area contributed by atoms with Crippen LogP contribution < -0.4 is 4.74 Å². The van der Waals surface area contributed by atoms with Crippen molar-refractivity contribution in [2.45, 2.75) is 26.2 Å². The van der Waals surface area contributed by atoms with Crippen molar-refractivity contribution in [3.8, 4) is 5.88 Å². The minimum Gasteiger partial charge on any atom is -0.473 e. The summed E-state index contributed by atoms with van der Waals surface area (Å²) in [6, 6.07) is 0. The Hall–Kier alpha value is -2.08. The maximum Gasteiger partial charge on any atom is 0.414 e. The maximum atomic E-state index is 9.10. The fourth-order valence-corrected chi connectivity index (χ4v) is 2.83. The van der Waals surface area contributed by atoms with Crippen LogP contribution >= 0.6 is 11.7 Å². The highest BCUT2D eigenvalue weighted by atomic mass is 32.1. The first-order valence-electron chi connectivity index (χ1n) is 9.40. The number of carboxylic acids is 2. The van der Waals surface area contributed by atoms with Gasteiger partial charge in [-0.05, 0) is 25.5 Å². The molecule has 0 bridgehead atoms. The second-order valence-electron chi connectivity index (χ2n) is 6.21. The van der Waals surface area contributed by atoms with Crippen LogP contribution in [0.5, 0.6) is 5.88 Å². The van der Waals surface area contributed by atoms with E-state index in [2.05, 4.69) is 33.7 Å². The van der Waals surface area contributed by atoms with Gasteiger partial charge in [-0.3, -0.25) is 0 Å². The zero-order valence-electron chi connectivity index (χ0n) is 16.8. The third-order valence-electron chi connectivity index (χ3n) is 3.77. The molecule has 0 saturated carbocycles. The van der Waals surface area contributed by atoms with E-state index in [1.54, 1.807) is 0 Å². The van der Waals surface area contributed by atoms with Crippen LogP contribution in [0.1, 0.15) is 31.9 Å². The summed E-state index contributed by atoms with van der Waals surface area (Å²) in [5.41, 5.74) is 2.08. The predicted molar refractivity (Wildman–Crippen MR) is 107 cm³/mol. The molecule has 2 heterocycles. The van der Waals surface area contributed by atoms with Crippen LogP contribution in [0.2, 0.25) is 0 Å². The molecule has 0 unspecified atom stereocenters. The lowest BCUT2D eigenvalue weighted by molar-refractivity contribution is -0.159. The largest absolute Gasteiger partial charge is 0.473 e. The lowest BCUT2D eigenvalue weighted by Crippen LogP contribution is -2.25. The molecule has 2 rings (SSSR count). The molecule has 2 N–H and O–H groups in total. The van der Waals surface area contributed by atoms with Gasteiger partial charge in [-0.25, -0.2) is 9.59 Å². The van der Waals surface area contributed by atoms with Crippen molar-refractivity contribution in [1.29, 1.82) is 0 Å². The number of nitrogens with zero attached hydrogens (tertiary/aromatic N) is 3. The number of hydrogen-bond donors (Lipinski definition) is 2. The zero-order chi connectivity index (χ0) is 21.5. The van der Waals surface area contributed by atoms with Crippen LogP contribution in [-0.4, -0.2) is 89.0 Å². The standard InChI is InChI=1S/C16H27N3O3S.C2H2O4/c1-3-4-8-20-9-10-21-11-12-22-16-15(17-23-18-16)14-6-5-7-19(2)13-14;3-1(4)2(5)6/h6H,3-5,7-13H2,1-2H3;(H,3,4)(H,5,6). The number of rotatable bonds is 11. The Kier molecular flexibility index (Phi) is 12.8. The first-order valence-corrected chi connectivity index (χ1v) is 10.1. The van der Waals surface area contributed by atoms with Crippen LogP contribution in [0.3, 0.4) is 0 Å². The smallest absolute Gasteiger partial charge is 0.414 e. The number of hydrogen-bond acceptors (Lipinski definition) is 9. The Bertz CT molecular complexity index is 639. The summed E-state index contributed by atoms with van der Waals surface area (Å²) in [6.07, 6.45) is 5.54. The van der Waals surface area contributed by atoms with Gasteiger partial charge in [-0.2, -0.15) is 4.37 Å². The van der Waals surface area contributed by atoms with Gasteiger partial charge in [0.1, 0.15) is 12.3 Å². The van der Waals surface area contributed by atoms with Crippen LogP contribution in [0.4, 0.5) is 0 Å². The van der Waals surface area contributed by atoms with E-state index in [0.29, 0.717) is 32.3 Å². The molecule has 0 aliphatic carbocycles. The van der Waals surface area contributed by atoms with E-state index in [1.165, 1.54) is 17.3 Å². The molecule has 1 aromatic heterocycles. The molecule has 0 saturated heterocycles. The zero-order valence-corrected chi connectivity index (χ0v) is 17.7. The van der Waals surface area contributed by atoms with Crippen molar-refractivity contribution in [2.24, 2.45) is 0 Å². The Labute approximate surface area is 174 Å². The van der Waals surface area contributed by atoms with Crippen molar-refractivity contribution < 1.29 is 34.0 Å². The average molecular weight is 432 g/mol. The van der Waals surface area contributed by atoms with E-state index in [1.807, 2.05) is 0 Å². The average Bonchev–Trinajstić information content (AvgIpc) is 3.15. The van der Waals surface area contributed by atoms with Gasteiger partial charge in [0.15, 0.2) is 0 Å². The molecule has 1 aromatic rings.